The Kier molecular flexibility index (Phi) is 3.39. The van der Waals surface area contributed by atoms with Gasteiger partial charge in [-0.15, -0.1) is 5.10 Å². The average molecular weight is 279 g/mol. The van der Waals surface area contributed by atoms with E-state index in [-0.39, 0.29) is 23.7 Å². The summed E-state index contributed by atoms with van der Waals surface area (Å²) in [4.78, 5) is 24.7. The number of amides is 1. The van der Waals surface area contributed by atoms with Gasteiger partial charge in [-0.1, -0.05) is 11.6 Å². The second-order valence-electron chi connectivity index (χ2n) is 5.29. The van der Waals surface area contributed by atoms with Gasteiger partial charge >= 0.3 is 5.97 Å². The number of piperidine rings is 1. The van der Waals surface area contributed by atoms with Gasteiger partial charge < -0.3 is 15.3 Å². The third-order valence-electron chi connectivity index (χ3n) is 3.89. The number of nitrogens with zero attached hydrogens (tertiary/aromatic N) is 4. The topological polar surface area (TPSA) is 100 Å². The summed E-state index contributed by atoms with van der Waals surface area (Å²) in [5.41, 5.74) is -0.0660. The standard InChI is InChI=1S/C12H17N5O3/c18-11(9-3-1-2-4-13-9)16-5-8(6-16)17-7-10(12(19)20)14-15-17/h7-9,13H,1-6H2,(H,19,20)/t9-/m1/s1. The molecule has 108 valence electrons. The van der Waals surface area contributed by atoms with Crippen molar-refractivity contribution < 1.29 is 14.7 Å². The Morgan fingerprint density at radius 2 is 2.15 bits per heavy atom. The molecule has 3 heterocycles. The molecule has 2 N–H and O–H groups in total. The second-order valence-corrected chi connectivity index (χ2v) is 5.29. The summed E-state index contributed by atoms with van der Waals surface area (Å²) in [6.45, 7) is 2.04. The number of hydrogen-bond acceptors (Lipinski definition) is 5. The van der Waals surface area contributed by atoms with E-state index < -0.39 is 5.97 Å². The molecule has 1 aromatic rings. The van der Waals surface area contributed by atoms with Gasteiger partial charge in [0.2, 0.25) is 5.91 Å². The number of carboxylic acids is 1. The van der Waals surface area contributed by atoms with E-state index in [0.717, 1.165) is 25.8 Å². The highest BCUT2D eigenvalue weighted by atomic mass is 16.4. The molecular formula is C12H17N5O3. The summed E-state index contributed by atoms with van der Waals surface area (Å²) < 4.78 is 1.53. The molecule has 1 aromatic heterocycles. The van der Waals surface area contributed by atoms with Crippen LogP contribution in [0.2, 0.25) is 0 Å². The number of aromatic nitrogens is 3. The molecule has 2 aliphatic heterocycles. The molecule has 0 radical (unpaired) electrons. The first kappa shape index (κ1) is 13.0. The Balaban J connectivity index is 1.55. The summed E-state index contributed by atoms with van der Waals surface area (Å²) >= 11 is 0. The molecule has 0 saturated carbocycles. The molecule has 0 spiro atoms. The maximum Gasteiger partial charge on any atom is 0.358 e. The van der Waals surface area contributed by atoms with Crippen LogP contribution in [0.15, 0.2) is 6.20 Å². The maximum absolute atomic E-state index is 12.2. The van der Waals surface area contributed by atoms with Crippen molar-refractivity contribution in [2.75, 3.05) is 19.6 Å². The molecule has 2 fully saturated rings. The van der Waals surface area contributed by atoms with Crippen LogP contribution in [0.4, 0.5) is 0 Å². The molecule has 3 rings (SSSR count). The third-order valence-corrected chi connectivity index (χ3v) is 3.89. The number of carbonyl (C=O) groups excluding carboxylic acids is 1. The predicted molar refractivity (Wildman–Crippen MR) is 68.2 cm³/mol. The van der Waals surface area contributed by atoms with E-state index >= 15 is 0 Å². The minimum Gasteiger partial charge on any atom is -0.476 e. The maximum atomic E-state index is 12.2. The third kappa shape index (κ3) is 2.38. The minimum atomic E-state index is -1.09. The lowest BCUT2D eigenvalue weighted by atomic mass is 10.0. The van der Waals surface area contributed by atoms with Gasteiger partial charge in [-0.05, 0) is 19.4 Å². The van der Waals surface area contributed by atoms with Crippen LogP contribution in [0.3, 0.4) is 0 Å². The molecule has 0 unspecified atom stereocenters. The second kappa shape index (κ2) is 5.20. The zero-order valence-corrected chi connectivity index (χ0v) is 11.0. The molecular weight excluding hydrogens is 262 g/mol. The van der Waals surface area contributed by atoms with Gasteiger partial charge in [-0.25, -0.2) is 9.48 Å². The molecule has 8 heteroatoms. The molecule has 2 aliphatic rings. The number of aromatic carboxylic acids is 1. The number of nitrogens with one attached hydrogen (secondary N) is 1. The van der Waals surface area contributed by atoms with Gasteiger partial charge in [0.1, 0.15) is 0 Å². The van der Waals surface area contributed by atoms with Crippen LogP contribution in [0, 0.1) is 0 Å². The van der Waals surface area contributed by atoms with Gasteiger partial charge in [0.15, 0.2) is 5.69 Å². The van der Waals surface area contributed by atoms with E-state index in [1.807, 2.05) is 0 Å². The van der Waals surface area contributed by atoms with Crippen LogP contribution in [-0.4, -0.2) is 62.6 Å². The number of carboxylic acid groups (broad SMARTS) is 1. The number of likely N-dealkylation sites (tertiary alicyclic amines) is 1. The van der Waals surface area contributed by atoms with E-state index in [4.69, 9.17) is 5.11 Å². The summed E-state index contributed by atoms with van der Waals surface area (Å²) in [5.74, 6) is -0.950. The first-order chi connectivity index (χ1) is 9.65. The molecule has 1 amide bonds. The van der Waals surface area contributed by atoms with Crippen LogP contribution in [0.5, 0.6) is 0 Å². The van der Waals surface area contributed by atoms with Crippen molar-refractivity contribution in [1.82, 2.24) is 25.2 Å². The Morgan fingerprint density at radius 3 is 2.75 bits per heavy atom. The normalized spacial score (nSPS) is 23.4. The van der Waals surface area contributed by atoms with Crippen molar-refractivity contribution in [2.24, 2.45) is 0 Å². The first-order valence-electron chi connectivity index (χ1n) is 6.82. The number of hydrogen-bond donors (Lipinski definition) is 2. The van der Waals surface area contributed by atoms with Crippen LogP contribution in [0.25, 0.3) is 0 Å². The van der Waals surface area contributed by atoms with Crippen molar-refractivity contribution >= 4 is 11.9 Å². The number of carbonyl (C=O) groups is 2. The fourth-order valence-corrected chi connectivity index (χ4v) is 2.64. The van der Waals surface area contributed by atoms with Crippen molar-refractivity contribution in [3.05, 3.63) is 11.9 Å². The Labute approximate surface area is 115 Å². The van der Waals surface area contributed by atoms with Crippen molar-refractivity contribution in [3.63, 3.8) is 0 Å². The van der Waals surface area contributed by atoms with Gasteiger partial charge in [0.05, 0.1) is 18.3 Å². The van der Waals surface area contributed by atoms with Gasteiger partial charge in [-0.2, -0.15) is 0 Å². The quantitative estimate of drug-likeness (QED) is 0.774. The van der Waals surface area contributed by atoms with E-state index in [1.165, 1.54) is 10.9 Å². The lowest BCUT2D eigenvalue weighted by molar-refractivity contribution is -0.140. The highest BCUT2D eigenvalue weighted by molar-refractivity contribution is 5.84. The summed E-state index contributed by atoms with van der Waals surface area (Å²) in [5, 5.41) is 19.4. The molecule has 0 bridgehead atoms. The summed E-state index contributed by atoms with van der Waals surface area (Å²) in [6, 6.07) is -0.0295. The van der Waals surface area contributed by atoms with E-state index in [1.54, 1.807) is 4.90 Å². The van der Waals surface area contributed by atoms with Crippen molar-refractivity contribution in [1.29, 1.82) is 0 Å². The summed E-state index contributed by atoms with van der Waals surface area (Å²) in [7, 11) is 0. The average Bonchev–Trinajstić information content (AvgIpc) is 2.87. The fourth-order valence-electron chi connectivity index (χ4n) is 2.64. The smallest absolute Gasteiger partial charge is 0.358 e. The van der Waals surface area contributed by atoms with Crippen LogP contribution in [0.1, 0.15) is 35.8 Å². The zero-order chi connectivity index (χ0) is 14.1. The van der Waals surface area contributed by atoms with Crippen molar-refractivity contribution in [3.8, 4) is 0 Å². The lowest BCUT2D eigenvalue weighted by Gasteiger charge is -2.41. The van der Waals surface area contributed by atoms with Gasteiger partial charge in [0.25, 0.3) is 0 Å². The van der Waals surface area contributed by atoms with E-state index in [0.29, 0.717) is 13.1 Å². The highest BCUT2D eigenvalue weighted by Crippen LogP contribution is 2.22. The largest absolute Gasteiger partial charge is 0.476 e. The monoisotopic (exact) mass is 279 g/mol. The van der Waals surface area contributed by atoms with E-state index in [9.17, 15) is 9.59 Å². The first-order valence-corrected chi connectivity index (χ1v) is 6.82. The SMILES string of the molecule is O=C(O)c1cn(C2CN(C(=O)[C@H]3CCCCN3)C2)nn1. The zero-order valence-electron chi connectivity index (χ0n) is 11.0. The summed E-state index contributed by atoms with van der Waals surface area (Å²) in [6.07, 6.45) is 4.52. The van der Waals surface area contributed by atoms with Gasteiger partial charge in [-0.3, -0.25) is 4.79 Å². The highest BCUT2D eigenvalue weighted by Gasteiger charge is 2.36. The molecule has 8 nitrogen and oxygen atoms in total. The van der Waals surface area contributed by atoms with Crippen LogP contribution < -0.4 is 5.32 Å². The van der Waals surface area contributed by atoms with Gasteiger partial charge in [0, 0.05) is 13.1 Å². The van der Waals surface area contributed by atoms with Crippen molar-refractivity contribution in [2.45, 2.75) is 31.3 Å². The van der Waals surface area contributed by atoms with Crippen LogP contribution >= 0.6 is 0 Å². The van der Waals surface area contributed by atoms with E-state index in [2.05, 4.69) is 15.6 Å². The predicted octanol–water partition coefficient (Wildman–Crippen LogP) is -0.498. The Bertz CT molecular complexity index is 517. The molecule has 0 aliphatic carbocycles. The fraction of sp³-hybridized carbons (Fsp3) is 0.667. The molecule has 0 aromatic carbocycles. The number of rotatable bonds is 3. The Morgan fingerprint density at radius 1 is 1.35 bits per heavy atom. The molecule has 1 atom stereocenters. The lowest BCUT2D eigenvalue weighted by Crippen LogP contribution is -2.57. The Hall–Kier alpha value is -1.96. The molecule has 20 heavy (non-hydrogen) atoms. The van der Waals surface area contributed by atoms with Crippen LogP contribution in [-0.2, 0) is 4.79 Å². The minimum absolute atomic E-state index is 0.0307. The molecule has 2 saturated heterocycles.